The van der Waals surface area contributed by atoms with Gasteiger partial charge in [-0.3, -0.25) is 9.69 Å². The Balaban J connectivity index is 1.45. The second kappa shape index (κ2) is 10.9. The maximum absolute atomic E-state index is 12.3. The monoisotopic (exact) mass is 445 g/mol. The van der Waals surface area contributed by atoms with Crippen LogP contribution >= 0.6 is 0 Å². The third-order valence-electron chi connectivity index (χ3n) is 5.36. The highest BCUT2D eigenvalue weighted by molar-refractivity contribution is 7.89. The van der Waals surface area contributed by atoms with Gasteiger partial charge in [-0.2, -0.15) is 0 Å². The van der Waals surface area contributed by atoms with Gasteiger partial charge < -0.3 is 10.1 Å². The van der Waals surface area contributed by atoms with Crippen LogP contribution in [0.3, 0.4) is 0 Å². The van der Waals surface area contributed by atoms with Crippen LogP contribution in [0.15, 0.2) is 53.4 Å². The lowest BCUT2D eigenvalue weighted by Crippen LogP contribution is -2.40. The number of sulfonamides is 1. The molecule has 2 N–H and O–H groups in total. The normalized spacial score (nSPS) is 17.4. The second-order valence-corrected chi connectivity index (χ2v) is 9.75. The summed E-state index contributed by atoms with van der Waals surface area (Å²) in [4.78, 5) is 14.9. The van der Waals surface area contributed by atoms with E-state index in [-0.39, 0.29) is 16.9 Å². The number of rotatable bonds is 9. The van der Waals surface area contributed by atoms with E-state index in [2.05, 4.69) is 34.0 Å². The average Bonchev–Trinajstić information content (AvgIpc) is 2.77. The van der Waals surface area contributed by atoms with Gasteiger partial charge in [-0.15, -0.1) is 0 Å². The minimum absolute atomic E-state index is 0.0284. The molecule has 7 nitrogen and oxygen atoms in total. The Kier molecular flexibility index (Phi) is 8.20. The molecule has 1 saturated heterocycles. The molecule has 3 rings (SSSR count). The van der Waals surface area contributed by atoms with E-state index in [4.69, 9.17) is 4.74 Å². The summed E-state index contributed by atoms with van der Waals surface area (Å²) in [5, 5.41) is 2.97. The van der Waals surface area contributed by atoms with Gasteiger partial charge in [0.25, 0.3) is 0 Å². The number of hydrogen-bond donors (Lipinski definition) is 2. The van der Waals surface area contributed by atoms with Crippen molar-refractivity contribution in [3.8, 4) is 0 Å². The quantitative estimate of drug-likeness (QED) is 0.617. The molecule has 1 aliphatic rings. The Morgan fingerprint density at radius 2 is 1.87 bits per heavy atom. The zero-order valence-corrected chi connectivity index (χ0v) is 19.0. The molecule has 0 aromatic heterocycles. The van der Waals surface area contributed by atoms with Crippen molar-refractivity contribution in [3.05, 3.63) is 65.2 Å². The van der Waals surface area contributed by atoms with Crippen LogP contribution in [-0.4, -0.2) is 52.1 Å². The van der Waals surface area contributed by atoms with E-state index >= 15 is 0 Å². The Morgan fingerprint density at radius 3 is 2.58 bits per heavy atom. The molecular formula is C23H31N3O4S. The lowest BCUT2D eigenvalue weighted by Gasteiger charge is -2.31. The van der Waals surface area contributed by atoms with E-state index in [1.165, 1.54) is 12.6 Å². The van der Waals surface area contributed by atoms with Crippen molar-refractivity contribution in [2.75, 3.05) is 26.7 Å². The van der Waals surface area contributed by atoms with Gasteiger partial charge in [0.1, 0.15) is 0 Å². The summed E-state index contributed by atoms with van der Waals surface area (Å²) in [5.74, 6) is -0.0284. The Hall–Kier alpha value is -2.26. The molecule has 1 fully saturated rings. The largest absolute Gasteiger partial charge is 0.376 e. The highest BCUT2D eigenvalue weighted by atomic mass is 32.2. The third-order valence-corrected chi connectivity index (χ3v) is 6.79. The summed E-state index contributed by atoms with van der Waals surface area (Å²) in [6.45, 7) is 6.11. The van der Waals surface area contributed by atoms with Crippen molar-refractivity contribution >= 4 is 15.9 Å². The van der Waals surface area contributed by atoms with Crippen molar-refractivity contribution in [1.29, 1.82) is 0 Å². The molecule has 1 unspecified atom stereocenters. The first-order chi connectivity index (χ1) is 14.9. The molecular weight excluding hydrogens is 414 g/mol. The molecule has 2 aromatic rings. The maximum Gasteiger partial charge on any atom is 0.240 e. The molecule has 0 bridgehead atoms. The van der Waals surface area contributed by atoms with Crippen molar-refractivity contribution in [2.24, 2.45) is 0 Å². The van der Waals surface area contributed by atoms with Gasteiger partial charge >= 0.3 is 0 Å². The fourth-order valence-corrected chi connectivity index (χ4v) is 4.36. The van der Waals surface area contributed by atoms with Crippen LogP contribution < -0.4 is 10.0 Å². The minimum atomic E-state index is -3.44. The van der Waals surface area contributed by atoms with Gasteiger partial charge in [-0.05, 0) is 49.2 Å². The molecule has 168 valence electrons. The number of hydrogen-bond acceptors (Lipinski definition) is 5. The van der Waals surface area contributed by atoms with E-state index in [0.29, 0.717) is 19.4 Å². The topological polar surface area (TPSA) is 87.7 Å². The Bertz CT molecular complexity index is 977. The summed E-state index contributed by atoms with van der Waals surface area (Å²) >= 11 is 0. The molecule has 1 heterocycles. The molecule has 1 aliphatic heterocycles. The number of carbonyl (C=O) groups is 1. The first kappa shape index (κ1) is 23.4. The number of amides is 1. The SMILES string of the molecule is CNS(=O)(=O)c1ccc(CCC(=O)NCc2cccc(CN3CCOC(C)C3)c2)cc1. The minimum Gasteiger partial charge on any atom is -0.376 e. The van der Waals surface area contributed by atoms with Crippen LogP contribution in [0.1, 0.15) is 30.0 Å². The van der Waals surface area contributed by atoms with Gasteiger partial charge in [-0.1, -0.05) is 36.4 Å². The molecule has 8 heteroatoms. The number of nitrogens with zero attached hydrogens (tertiary/aromatic N) is 1. The number of ether oxygens (including phenoxy) is 1. The van der Waals surface area contributed by atoms with Crippen LogP contribution in [0.2, 0.25) is 0 Å². The first-order valence-corrected chi connectivity index (χ1v) is 12.0. The molecule has 1 atom stereocenters. The summed E-state index contributed by atoms with van der Waals surface area (Å²) in [7, 11) is -2.06. The van der Waals surface area contributed by atoms with Crippen molar-refractivity contribution in [2.45, 2.75) is 43.9 Å². The number of aryl methyl sites for hydroxylation is 1. The highest BCUT2D eigenvalue weighted by Gasteiger charge is 2.16. The highest BCUT2D eigenvalue weighted by Crippen LogP contribution is 2.13. The van der Waals surface area contributed by atoms with Gasteiger partial charge in [0, 0.05) is 32.6 Å². The second-order valence-electron chi connectivity index (χ2n) is 7.86. The molecule has 0 radical (unpaired) electrons. The number of carbonyl (C=O) groups excluding carboxylic acids is 1. The number of nitrogens with one attached hydrogen (secondary N) is 2. The fourth-order valence-electron chi connectivity index (χ4n) is 3.63. The van der Waals surface area contributed by atoms with Crippen molar-refractivity contribution < 1.29 is 17.9 Å². The fraction of sp³-hybridized carbons (Fsp3) is 0.435. The Labute approximate surface area is 184 Å². The van der Waals surface area contributed by atoms with E-state index in [1.807, 2.05) is 12.1 Å². The Morgan fingerprint density at radius 1 is 1.13 bits per heavy atom. The van der Waals surface area contributed by atoms with E-state index < -0.39 is 10.0 Å². The molecule has 31 heavy (non-hydrogen) atoms. The molecule has 0 saturated carbocycles. The number of morpholine rings is 1. The first-order valence-electron chi connectivity index (χ1n) is 10.6. The number of benzene rings is 2. The van der Waals surface area contributed by atoms with Crippen LogP contribution in [0.5, 0.6) is 0 Å². The van der Waals surface area contributed by atoms with Gasteiger partial charge in [0.15, 0.2) is 0 Å². The summed E-state index contributed by atoms with van der Waals surface area (Å²) in [6, 6.07) is 14.9. The van der Waals surface area contributed by atoms with Crippen LogP contribution in [0, 0.1) is 0 Å². The third kappa shape index (κ3) is 7.14. The van der Waals surface area contributed by atoms with Gasteiger partial charge in [0.2, 0.25) is 15.9 Å². The summed E-state index contributed by atoms with van der Waals surface area (Å²) < 4.78 is 31.4. The van der Waals surface area contributed by atoms with Crippen molar-refractivity contribution in [3.63, 3.8) is 0 Å². The van der Waals surface area contributed by atoms with Gasteiger partial charge in [0.05, 0.1) is 17.6 Å². The molecule has 0 spiro atoms. The zero-order valence-electron chi connectivity index (χ0n) is 18.1. The molecule has 2 aromatic carbocycles. The lowest BCUT2D eigenvalue weighted by molar-refractivity contribution is -0.121. The van der Waals surface area contributed by atoms with Crippen LogP contribution in [0.25, 0.3) is 0 Å². The van der Waals surface area contributed by atoms with Crippen LogP contribution in [-0.2, 0) is 39.1 Å². The van der Waals surface area contributed by atoms with E-state index in [0.717, 1.165) is 37.4 Å². The summed E-state index contributed by atoms with van der Waals surface area (Å²) in [6.07, 6.45) is 1.17. The standard InChI is InChI=1S/C23H31N3O4S/c1-18-16-26(12-13-30-18)17-21-5-3-4-20(14-21)15-25-23(27)11-8-19-6-9-22(10-7-19)31(28,29)24-2/h3-7,9-10,14,18,24H,8,11-13,15-17H2,1-2H3,(H,25,27). The van der Waals surface area contributed by atoms with E-state index in [9.17, 15) is 13.2 Å². The molecule has 1 amide bonds. The zero-order chi connectivity index (χ0) is 22.3. The van der Waals surface area contributed by atoms with E-state index in [1.54, 1.807) is 24.3 Å². The lowest BCUT2D eigenvalue weighted by atomic mass is 10.1. The molecule has 0 aliphatic carbocycles. The smallest absolute Gasteiger partial charge is 0.240 e. The van der Waals surface area contributed by atoms with Crippen LogP contribution in [0.4, 0.5) is 0 Å². The maximum atomic E-state index is 12.3. The predicted molar refractivity (Wildman–Crippen MR) is 120 cm³/mol. The predicted octanol–water partition coefficient (Wildman–Crippen LogP) is 2.06. The summed E-state index contributed by atoms with van der Waals surface area (Å²) in [5.41, 5.74) is 3.23. The van der Waals surface area contributed by atoms with Crippen molar-refractivity contribution in [1.82, 2.24) is 14.9 Å². The van der Waals surface area contributed by atoms with Gasteiger partial charge in [-0.25, -0.2) is 13.1 Å². The average molecular weight is 446 g/mol.